The Kier molecular flexibility index (Phi) is 6.30. The molecule has 2 heterocycles. The van der Waals surface area contributed by atoms with E-state index < -0.39 is 0 Å². The summed E-state index contributed by atoms with van der Waals surface area (Å²) in [5.74, 6) is -0.00350. The molecule has 0 aliphatic carbocycles. The highest BCUT2D eigenvalue weighted by Crippen LogP contribution is 2.14. The zero-order valence-electron chi connectivity index (χ0n) is 13.1. The van der Waals surface area contributed by atoms with Crippen molar-refractivity contribution in [2.24, 2.45) is 0 Å². The highest BCUT2D eigenvalue weighted by atomic mass is 16.3. The molecule has 1 saturated heterocycles. The van der Waals surface area contributed by atoms with E-state index in [-0.39, 0.29) is 18.0 Å². The van der Waals surface area contributed by atoms with Crippen molar-refractivity contribution in [1.82, 2.24) is 15.5 Å². The van der Waals surface area contributed by atoms with Gasteiger partial charge in [-0.15, -0.1) is 0 Å². The average molecular weight is 307 g/mol. The van der Waals surface area contributed by atoms with E-state index in [1.807, 2.05) is 4.90 Å². The van der Waals surface area contributed by atoms with E-state index in [2.05, 4.69) is 17.6 Å². The Balaban J connectivity index is 1.66. The van der Waals surface area contributed by atoms with E-state index >= 15 is 0 Å². The number of amides is 3. The number of rotatable bonds is 6. The van der Waals surface area contributed by atoms with E-state index in [9.17, 15) is 9.59 Å². The summed E-state index contributed by atoms with van der Waals surface area (Å²) in [6, 6.07) is 1.71. The predicted octanol–water partition coefficient (Wildman–Crippen LogP) is 2.37. The number of furan rings is 1. The fourth-order valence-corrected chi connectivity index (χ4v) is 2.61. The number of nitrogens with one attached hydrogen (secondary N) is 2. The molecule has 1 fully saturated rings. The lowest BCUT2D eigenvalue weighted by Crippen LogP contribution is -2.49. The van der Waals surface area contributed by atoms with Gasteiger partial charge in [-0.25, -0.2) is 4.79 Å². The lowest BCUT2D eigenvalue weighted by Gasteiger charge is -2.32. The molecule has 0 unspecified atom stereocenters. The van der Waals surface area contributed by atoms with E-state index in [1.165, 1.54) is 12.5 Å². The van der Waals surface area contributed by atoms with Gasteiger partial charge in [-0.1, -0.05) is 19.8 Å². The molecule has 0 bridgehead atoms. The fourth-order valence-electron chi connectivity index (χ4n) is 2.61. The first-order valence-electron chi connectivity index (χ1n) is 8.06. The molecule has 0 spiro atoms. The van der Waals surface area contributed by atoms with Crippen molar-refractivity contribution in [1.29, 1.82) is 0 Å². The summed E-state index contributed by atoms with van der Waals surface area (Å²) in [4.78, 5) is 25.7. The van der Waals surface area contributed by atoms with Crippen LogP contribution in [-0.4, -0.2) is 42.5 Å². The SMILES string of the molecule is CCCCCNC(=O)NC1CCN(C(=O)c2ccoc2)CC1. The standard InChI is InChI=1S/C16H25N3O3/c1-2-3-4-8-17-16(21)18-14-5-9-19(10-6-14)15(20)13-7-11-22-12-13/h7,11-12,14H,2-6,8-10H2,1H3,(H2,17,18,21). The van der Waals surface area contributed by atoms with Crippen LogP contribution in [0.3, 0.4) is 0 Å². The molecule has 0 saturated carbocycles. The molecule has 0 atom stereocenters. The molecule has 1 aromatic heterocycles. The maximum Gasteiger partial charge on any atom is 0.315 e. The smallest absolute Gasteiger partial charge is 0.315 e. The number of likely N-dealkylation sites (tertiary alicyclic amines) is 1. The Morgan fingerprint density at radius 3 is 2.73 bits per heavy atom. The maximum absolute atomic E-state index is 12.2. The van der Waals surface area contributed by atoms with Crippen molar-refractivity contribution in [2.75, 3.05) is 19.6 Å². The van der Waals surface area contributed by atoms with Crippen LogP contribution in [0.1, 0.15) is 49.4 Å². The van der Waals surface area contributed by atoms with E-state index in [1.54, 1.807) is 6.07 Å². The van der Waals surface area contributed by atoms with Gasteiger partial charge in [-0.05, 0) is 25.3 Å². The quantitative estimate of drug-likeness (QED) is 0.792. The summed E-state index contributed by atoms with van der Waals surface area (Å²) in [7, 11) is 0. The number of unbranched alkanes of at least 4 members (excludes halogenated alkanes) is 2. The van der Waals surface area contributed by atoms with Crippen LogP contribution in [0.15, 0.2) is 23.0 Å². The molecule has 6 nitrogen and oxygen atoms in total. The average Bonchev–Trinajstić information content (AvgIpc) is 3.06. The number of carbonyl (C=O) groups is 2. The molecular formula is C16H25N3O3. The molecule has 1 aromatic rings. The van der Waals surface area contributed by atoms with Gasteiger partial charge in [0.25, 0.3) is 5.91 Å². The molecule has 0 aromatic carbocycles. The van der Waals surface area contributed by atoms with Gasteiger partial charge in [-0.2, -0.15) is 0 Å². The zero-order chi connectivity index (χ0) is 15.8. The maximum atomic E-state index is 12.2. The zero-order valence-corrected chi connectivity index (χ0v) is 13.1. The monoisotopic (exact) mass is 307 g/mol. The van der Waals surface area contributed by atoms with Crippen LogP contribution in [0.4, 0.5) is 4.79 Å². The van der Waals surface area contributed by atoms with Crippen molar-refractivity contribution in [3.05, 3.63) is 24.2 Å². The first kappa shape index (κ1) is 16.4. The van der Waals surface area contributed by atoms with Gasteiger partial charge in [0.05, 0.1) is 11.8 Å². The fraction of sp³-hybridized carbons (Fsp3) is 0.625. The van der Waals surface area contributed by atoms with Crippen molar-refractivity contribution in [2.45, 2.75) is 45.1 Å². The van der Waals surface area contributed by atoms with Gasteiger partial charge < -0.3 is 20.0 Å². The molecule has 22 heavy (non-hydrogen) atoms. The lowest BCUT2D eigenvalue weighted by atomic mass is 10.0. The van der Waals surface area contributed by atoms with Gasteiger partial charge in [0.1, 0.15) is 6.26 Å². The van der Waals surface area contributed by atoms with Crippen LogP contribution >= 0.6 is 0 Å². The minimum Gasteiger partial charge on any atom is -0.472 e. The molecule has 2 rings (SSSR count). The summed E-state index contributed by atoms with van der Waals surface area (Å²) >= 11 is 0. The highest BCUT2D eigenvalue weighted by molar-refractivity contribution is 5.93. The largest absolute Gasteiger partial charge is 0.472 e. The topological polar surface area (TPSA) is 74.6 Å². The normalized spacial score (nSPS) is 15.6. The van der Waals surface area contributed by atoms with Crippen molar-refractivity contribution >= 4 is 11.9 Å². The molecule has 3 amide bonds. The summed E-state index contributed by atoms with van der Waals surface area (Å²) in [6.45, 7) is 4.17. The van der Waals surface area contributed by atoms with Gasteiger partial charge in [-0.3, -0.25) is 4.79 Å². The van der Waals surface area contributed by atoms with Gasteiger partial charge >= 0.3 is 6.03 Å². The molecule has 6 heteroatoms. The molecule has 122 valence electrons. The molecule has 1 aliphatic rings. The third-order valence-electron chi connectivity index (χ3n) is 3.95. The van der Waals surface area contributed by atoms with Crippen LogP contribution < -0.4 is 10.6 Å². The number of piperidine rings is 1. The first-order chi connectivity index (χ1) is 10.7. The predicted molar refractivity (Wildman–Crippen MR) is 83.7 cm³/mol. The second-order valence-corrected chi connectivity index (χ2v) is 5.69. The lowest BCUT2D eigenvalue weighted by molar-refractivity contribution is 0.0707. The summed E-state index contributed by atoms with van der Waals surface area (Å²) < 4.78 is 4.94. The summed E-state index contributed by atoms with van der Waals surface area (Å²) in [5.41, 5.74) is 0.583. The van der Waals surface area contributed by atoms with Gasteiger partial charge in [0, 0.05) is 25.7 Å². The van der Waals surface area contributed by atoms with Crippen LogP contribution in [0, 0.1) is 0 Å². The van der Waals surface area contributed by atoms with Crippen LogP contribution in [0.25, 0.3) is 0 Å². The van der Waals surface area contributed by atoms with Crippen LogP contribution in [-0.2, 0) is 0 Å². The van der Waals surface area contributed by atoms with Crippen molar-refractivity contribution in [3.8, 4) is 0 Å². The molecule has 1 aliphatic heterocycles. The minimum absolute atomic E-state index is 0.00350. The van der Waals surface area contributed by atoms with Gasteiger partial charge in [0.2, 0.25) is 0 Å². The third kappa shape index (κ3) is 4.79. The Bertz CT molecular complexity index is 465. The molecular weight excluding hydrogens is 282 g/mol. The number of urea groups is 1. The third-order valence-corrected chi connectivity index (χ3v) is 3.95. The van der Waals surface area contributed by atoms with E-state index in [4.69, 9.17) is 4.42 Å². The molecule has 2 N–H and O–H groups in total. The highest BCUT2D eigenvalue weighted by Gasteiger charge is 2.24. The number of hydrogen-bond acceptors (Lipinski definition) is 3. The Morgan fingerprint density at radius 2 is 2.09 bits per heavy atom. The summed E-state index contributed by atoms with van der Waals surface area (Å²) in [5, 5.41) is 5.86. The first-order valence-corrected chi connectivity index (χ1v) is 8.06. The number of hydrogen-bond donors (Lipinski definition) is 2. The van der Waals surface area contributed by atoms with Crippen LogP contribution in [0.5, 0.6) is 0 Å². The van der Waals surface area contributed by atoms with Crippen LogP contribution in [0.2, 0.25) is 0 Å². The Labute approximate surface area is 131 Å². The Morgan fingerprint density at radius 1 is 1.32 bits per heavy atom. The number of carbonyl (C=O) groups excluding carboxylic acids is 2. The van der Waals surface area contributed by atoms with Crippen molar-refractivity contribution < 1.29 is 14.0 Å². The molecule has 0 radical (unpaired) electrons. The second-order valence-electron chi connectivity index (χ2n) is 5.69. The minimum atomic E-state index is -0.101. The number of nitrogens with zero attached hydrogens (tertiary/aromatic N) is 1. The van der Waals surface area contributed by atoms with E-state index in [0.29, 0.717) is 18.7 Å². The van der Waals surface area contributed by atoms with E-state index in [0.717, 1.165) is 38.6 Å². The summed E-state index contributed by atoms with van der Waals surface area (Å²) in [6.07, 6.45) is 7.83. The van der Waals surface area contributed by atoms with Gasteiger partial charge in [0.15, 0.2) is 0 Å². The Hall–Kier alpha value is -1.98. The van der Waals surface area contributed by atoms with Crippen molar-refractivity contribution in [3.63, 3.8) is 0 Å². The second kappa shape index (κ2) is 8.46.